The summed E-state index contributed by atoms with van der Waals surface area (Å²) in [4.78, 5) is 24.8. The van der Waals surface area contributed by atoms with E-state index >= 15 is 0 Å². The Morgan fingerprint density at radius 2 is 1.62 bits per heavy atom. The molecule has 0 amide bonds. The molecular weight excluding hydrogens is 396 g/mol. The number of rotatable bonds is 6. The second-order valence-corrected chi connectivity index (χ2v) is 8.17. The molecule has 1 aromatic heterocycles. The van der Waals surface area contributed by atoms with E-state index in [1.165, 1.54) is 19.2 Å². The topological polar surface area (TPSA) is 96.6 Å². The van der Waals surface area contributed by atoms with Crippen LogP contribution in [0.5, 0.6) is 11.5 Å². The van der Waals surface area contributed by atoms with Crippen LogP contribution < -0.4 is 15.2 Å². The molecule has 0 aliphatic rings. The zero-order valence-electron chi connectivity index (χ0n) is 16.2. The van der Waals surface area contributed by atoms with Crippen molar-refractivity contribution in [3.8, 4) is 11.5 Å². The summed E-state index contributed by atoms with van der Waals surface area (Å²) in [6.45, 7) is 3.21. The van der Waals surface area contributed by atoms with Crippen LogP contribution >= 0.6 is 0 Å². The number of benzene rings is 2. The largest absolute Gasteiger partial charge is 0.497 e. The Balaban J connectivity index is 1.81. The minimum Gasteiger partial charge on any atom is -0.497 e. The Morgan fingerprint density at radius 3 is 2.24 bits per heavy atom. The molecular formula is C20H20N2O6S. The molecule has 0 fully saturated rings. The lowest BCUT2D eigenvalue weighted by Gasteiger charge is -2.08. The molecule has 0 atom stereocenters. The van der Waals surface area contributed by atoms with Crippen LogP contribution in [0, 0.1) is 13.8 Å². The van der Waals surface area contributed by atoms with Crippen molar-refractivity contribution in [1.29, 1.82) is 0 Å². The summed E-state index contributed by atoms with van der Waals surface area (Å²) in [6, 6.07) is 11.1. The van der Waals surface area contributed by atoms with Crippen molar-refractivity contribution < 1.29 is 22.7 Å². The normalized spacial score (nSPS) is 11.3. The maximum Gasteiger partial charge on any atom is 0.349 e. The molecule has 9 heteroatoms. The molecule has 0 radical (unpaired) electrons. The van der Waals surface area contributed by atoms with Crippen molar-refractivity contribution in [2.24, 2.45) is 0 Å². The minimum absolute atomic E-state index is 0.0256. The van der Waals surface area contributed by atoms with Crippen LogP contribution in [0.15, 0.2) is 64.5 Å². The van der Waals surface area contributed by atoms with Crippen LogP contribution in [0.3, 0.4) is 0 Å². The maximum absolute atomic E-state index is 12.8. The first kappa shape index (κ1) is 20.4. The fourth-order valence-corrected chi connectivity index (χ4v) is 3.91. The highest BCUT2D eigenvalue weighted by molar-refractivity contribution is 7.90. The smallest absolute Gasteiger partial charge is 0.349 e. The Morgan fingerprint density at radius 1 is 0.966 bits per heavy atom. The standard InChI is InChI=1S/C20H20N2O6S/c1-14-4-9-18(12-15(14)2)29(25,26)22-11-10-21(20(22)24)19(23)13-28-17-7-5-16(27-3)6-8-17/h4-12H,13H2,1-3H3. The predicted octanol–water partition coefficient (Wildman–Crippen LogP) is 2.23. The van der Waals surface area contributed by atoms with Crippen molar-refractivity contribution in [3.05, 3.63) is 76.5 Å². The summed E-state index contributed by atoms with van der Waals surface area (Å²) < 4.78 is 37.2. The minimum atomic E-state index is -4.12. The average Bonchev–Trinajstić information content (AvgIpc) is 3.10. The van der Waals surface area contributed by atoms with Crippen molar-refractivity contribution in [3.63, 3.8) is 0 Å². The highest BCUT2D eigenvalue weighted by Gasteiger charge is 2.23. The monoisotopic (exact) mass is 416 g/mol. The zero-order valence-corrected chi connectivity index (χ0v) is 17.0. The van der Waals surface area contributed by atoms with Gasteiger partial charge in [0.1, 0.15) is 11.5 Å². The van der Waals surface area contributed by atoms with E-state index in [4.69, 9.17) is 9.47 Å². The number of hydrogen-bond acceptors (Lipinski definition) is 6. The number of aryl methyl sites for hydroxylation is 2. The third kappa shape index (κ3) is 4.09. The third-order valence-corrected chi connectivity index (χ3v) is 6.12. The van der Waals surface area contributed by atoms with Crippen LogP contribution in [-0.4, -0.2) is 36.6 Å². The average molecular weight is 416 g/mol. The van der Waals surface area contributed by atoms with Crippen LogP contribution in [0.4, 0.5) is 0 Å². The molecule has 0 saturated heterocycles. The second kappa shape index (κ2) is 7.96. The van der Waals surface area contributed by atoms with Crippen molar-refractivity contribution in [2.75, 3.05) is 13.7 Å². The Hall–Kier alpha value is -3.33. The van der Waals surface area contributed by atoms with Gasteiger partial charge >= 0.3 is 5.69 Å². The quantitative estimate of drug-likeness (QED) is 0.611. The Kier molecular flexibility index (Phi) is 5.60. The van der Waals surface area contributed by atoms with Gasteiger partial charge in [0, 0.05) is 12.4 Å². The molecule has 0 saturated carbocycles. The van der Waals surface area contributed by atoms with Gasteiger partial charge in [-0.05, 0) is 61.4 Å². The number of carbonyl (C=O) groups excluding carboxylic acids is 1. The van der Waals surface area contributed by atoms with E-state index in [9.17, 15) is 18.0 Å². The summed E-state index contributed by atoms with van der Waals surface area (Å²) in [5.41, 5.74) is 0.730. The fourth-order valence-electron chi connectivity index (χ4n) is 2.61. The number of hydrogen-bond donors (Lipinski definition) is 0. The van der Waals surface area contributed by atoms with Gasteiger partial charge in [-0.1, -0.05) is 6.07 Å². The molecule has 0 bridgehead atoms. The van der Waals surface area contributed by atoms with Gasteiger partial charge in [-0.15, -0.1) is 0 Å². The van der Waals surface area contributed by atoms with Crippen molar-refractivity contribution >= 4 is 15.9 Å². The van der Waals surface area contributed by atoms with Gasteiger partial charge in [0.15, 0.2) is 6.61 Å². The van der Waals surface area contributed by atoms with Gasteiger partial charge in [0.05, 0.1) is 12.0 Å². The Bertz CT molecular complexity index is 1210. The summed E-state index contributed by atoms with van der Waals surface area (Å²) in [7, 11) is -2.59. The summed E-state index contributed by atoms with van der Waals surface area (Å²) >= 11 is 0. The van der Waals surface area contributed by atoms with Crippen LogP contribution in [0.25, 0.3) is 0 Å². The summed E-state index contributed by atoms with van der Waals surface area (Å²) in [5.74, 6) is 0.350. The summed E-state index contributed by atoms with van der Waals surface area (Å²) in [6.07, 6.45) is 2.17. The molecule has 3 rings (SSSR count). The molecule has 1 heterocycles. The van der Waals surface area contributed by atoms with Crippen molar-refractivity contribution in [2.45, 2.75) is 18.7 Å². The first-order valence-electron chi connectivity index (χ1n) is 8.67. The predicted molar refractivity (Wildman–Crippen MR) is 106 cm³/mol. The van der Waals surface area contributed by atoms with Gasteiger partial charge in [0.25, 0.3) is 15.9 Å². The maximum atomic E-state index is 12.8. The van der Waals surface area contributed by atoms with E-state index in [2.05, 4.69) is 0 Å². The second-order valence-electron chi connectivity index (χ2n) is 6.36. The van der Waals surface area contributed by atoms with E-state index in [1.807, 2.05) is 6.92 Å². The lowest BCUT2D eigenvalue weighted by atomic mass is 10.1. The molecule has 8 nitrogen and oxygen atoms in total. The number of carbonyl (C=O) groups is 1. The van der Waals surface area contributed by atoms with Gasteiger partial charge in [-0.2, -0.15) is 3.97 Å². The van der Waals surface area contributed by atoms with Gasteiger partial charge in [-0.25, -0.2) is 17.8 Å². The number of ether oxygens (including phenoxy) is 2. The summed E-state index contributed by atoms with van der Waals surface area (Å²) in [5, 5.41) is 0. The highest BCUT2D eigenvalue weighted by Crippen LogP contribution is 2.18. The van der Waals surface area contributed by atoms with E-state index in [0.717, 1.165) is 23.5 Å². The van der Waals surface area contributed by atoms with Crippen LogP contribution in [-0.2, 0) is 10.0 Å². The molecule has 0 aliphatic carbocycles. The molecule has 0 N–H and O–H groups in total. The van der Waals surface area contributed by atoms with Gasteiger partial charge < -0.3 is 9.47 Å². The number of nitrogens with zero attached hydrogens (tertiary/aromatic N) is 2. The molecule has 0 spiro atoms. The van der Waals surface area contributed by atoms with Gasteiger partial charge in [-0.3, -0.25) is 4.79 Å². The van der Waals surface area contributed by atoms with Crippen LogP contribution in [0.1, 0.15) is 15.9 Å². The molecule has 152 valence electrons. The third-order valence-electron chi connectivity index (χ3n) is 4.47. The zero-order chi connectivity index (χ0) is 21.2. The highest BCUT2D eigenvalue weighted by atomic mass is 32.2. The van der Waals surface area contributed by atoms with Gasteiger partial charge in [0.2, 0.25) is 0 Å². The Labute approximate surface area is 168 Å². The van der Waals surface area contributed by atoms with E-state index in [-0.39, 0.29) is 4.90 Å². The number of imidazole rings is 1. The lowest BCUT2D eigenvalue weighted by Crippen LogP contribution is -2.34. The molecule has 0 unspecified atom stereocenters. The molecule has 0 aliphatic heterocycles. The molecule has 2 aromatic carbocycles. The molecule has 3 aromatic rings. The number of aromatic nitrogens is 2. The lowest BCUT2D eigenvalue weighted by molar-refractivity contribution is 0.0833. The first-order valence-corrected chi connectivity index (χ1v) is 10.1. The van der Waals surface area contributed by atoms with E-state index in [0.29, 0.717) is 20.0 Å². The van der Waals surface area contributed by atoms with E-state index < -0.39 is 28.2 Å². The fraction of sp³-hybridized carbons (Fsp3) is 0.200. The van der Waals surface area contributed by atoms with E-state index in [1.54, 1.807) is 37.3 Å². The SMILES string of the molecule is COc1ccc(OCC(=O)n2ccn(S(=O)(=O)c3ccc(C)c(C)c3)c2=O)cc1. The van der Waals surface area contributed by atoms with Crippen LogP contribution in [0.2, 0.25) is 0 Å². The first-order chi connectivity index (χ1) is 13.7. The molecule has 29 heavy (non-hydrogen) atoms. The number of methoxy groups -OCH3 is 1. The van der Waals surface area contributed by atoms with Crippen molar-refractivity contribution in [1.82, 2.24) is 8.54 Å².